The van der Waals surface area contributed by atoms with E-state index in [4.69, 9.17) is 4.74 Å². The Hall–Kier alpha value is -2.30. The second-order valence-corrected chi connectivity index (χ2v) is 6.95. The van der Waals surface area contributed by atoms with Gasteiger partial charge in [-0.25, -0.2) is 0 Å². The van der Waals surface area contributed by atoms with Gasteiger partial charge in [0.25, 0.3) is 0 Å². The van der Waals surface area contributed by atoms with Crippen molar-refractivity contribution in [1.29, 1.82) is 0 Å². The summed E-state index contributed by atoms with van der Waals surface area (Å²) in [5.74, 6) is 0.314. The summed E-state index contributed by atoms with van der Waals surface area (Å²) < 4.78 is 5.31. The van der Waals surface area contributed by atoms with E-state index in [0.717, 1.165) is 16.9 Å². The Bertz CT molecular complexity index is 615. The molecule has 0 heterocycles. The highest BCUT2D eigenvalue weighted by Crippen LogP contribution is 2.20. The van der Waals surface area contributed by atoms with E-state index in [0.29, 0.717) is 6.42 Å². The SMILES string of the molecule is COc1ccccc1C/C(C)=C/C(=O)N[C@H](C)C(=O)NC(C)(C)C. The number of methoxy groups -OCH3 is 1. The normalized spacial score (nSPS) is 13.2. The average molecular weight is 332 g/mol. The van der Waals surface area contributed by atoms with Gasteiger partial charge in [-0.2, -0.15) is 0 Å². The number of carbonyl (C=O) groups is 2. The zero-order chi connectivity index (χ0) is 18.3. The van der Waals surface area contributed by atoms with Crippen molar-refractivity contribution in [1.82, 2.24) is 10.6 Å². The summed E-state index contributed by atoms with van der Waals surface area (Å²) in [6.45, 7) is 9.25. The van der Waals surface area contributed by atoms with E-state index in [1.807, 2.05) is 52.0 Å². The van der Waals surface area contributed by atoms with Gasteiger partial charge >= 0.3 is 0 Å². The first kappa shape index (κ1) is 19.7. The predicted octanol–water partition coefficient (Wildman–Crippen LogP) is 2.60. The van der Waals surface area contributed by atoms with Crippen LogP contribution >= 0.6 is 0 Å². The largest absolute Gasteiger partial charge is 0.496 e. The molecule has 2 amide bonds. The molecule has 0 saturated heterocycles. The molecule has 5 heteroatoms. The first-order chi connectivity index (χ1) is 11.1. The monoisotopic (exact) mass is 332 g/mol. The smallest absolute Gasteiger partial charge is 0.244 e. The molecule has 1 rings (SSSR count). The van der Waals surface area contributed by atoms with Crippen molar-refractivity contribution in [3.05, 3.63) is 41.5 Å². The summed E-state index contributed by atoms with van der Waals surface area (Å²) in [6.07, 6.45) is 2.13. The Morgan fingerprint density at radius 3 is 2.46 bits per heavy atom. The molecule has 0 aliphatic rings. The summed E-state index contributed by atoms with van der Waals surface area (Å²) >= 11 is 0. The van der Waals surface area contributed by atoms with Crippen LogP contribution in [0.3, 0.4) is 0 Å². The van der Waals surface area contributed by atoms with Crippen LogP contribution in [0.5, 0.6) is 5.75 Å². The molecule has 0 aliphatic heterocycles. The quantitative estimate of drug-likeness (QED) is 0.787. The minimum Gasteiger partial charge on any atom is -0.496 e. The number of carbonyl (C=O) groups excluding carboxylic acids is 2. The van der Waals surface area contributed by atoms with Crippen LogP contribution in [0.25, 0.3) is 0 Å². The third-order valence-electron chi connectivity index (χ3n) is 3.29. The Morgan fingerprint density at radius 2 is 1.88 bits per heavy atom. The van der Waals surface area contributed by atoms with Crippen LogP contribution in [0.4, 0.5) is 0 Å². The maximum Gasteiger partial charge on any atom is 0.244 e. The van der Waals surface area contributed by atoms with Crippen LogP contribution in [0.1, 0.15) is 40.2 Å². The van der Waals surface area contributed by atoms with Crippen molar-refractivity contribution < 1.29 is 14.3 Å². The first-order valence-corrected chi connectivity index (χ1v) is 8.04. The minimum absolute atomic E-state index is 0.202. The molecule has 0 bridgehead atoms. The Balaban J connectivity index is 2.65. The molecular formula is C19H28N2O3. The van der Waals surface area contributed by atoms with Gasteiger partial charge in [0.2, 0.25) is 11.8 Å². The van der Waals surface area contributed by atoms with Crippen molar-refractivity contribution in [2.24, 2.45) is 0 Å². The molecule has 2 N–H and O–H groups in total. The number of hydrogen-bond donors (Lipinski definition) is 2. The van der Waals surface area contributed by atoms with Crippen molar-refractivity contribution in [3.63, 3.8) is 0 Å². The maximum absolute atomic E-state index is 12.1. The Labute approximate surface area is 144 Å². The van der Waals surface area contributed by atoms with E-state index in [-0.39, 0.29) is 17.4 Å². The molecule has 0 aliphatic carbocycles. The van der Waals surface area contributed by atoms with Crippen LogP contribution in [0.2, 0.25) is 0 Å². The number of ether oxygens (including phenoxy) is 1. The molecule has 132 valence electrons. The highest BCUT2D eigenvalue weighted by molar-refractivity contribution is 5.93. The number of benzene rings is 1. The van der Waals surface area contributed by atoms with Crippen molar-refractivity contribution in [2.75, 3.05) is 7.11 Å². The fourth-order valence-corrected chi connectivity index (χ4v) is 2.22. The minimum atomic E-state index is -0.591. The van der Waals surface area contributed by atoms with E-state index in [9.17, 15) is 9.59 Å². The number of para-hydroxylation sites is 1. The van der Waals surface area contributed by atoms with Gasteiger partial charge < -0.3 is 15.4 Å². The molecular weight excluding hydrogens is 304 g/mol. The van der Waals surface area contributed by atoms with Gasteiger partial charge in [-0.05, 0) is 52.7 Å². The topological polar surface area (TPSA) is 67.4 Å². The Kier molecular flexibility index (Phi) is 7.01. The van der Waals surface area contributed by atoms with E-state index in [2.05, 4.69) is 10.6 Å². The summed E-state index contributed by atoms with van der Waals surface area (Å²) in [7, 11) is 1.63. The molecule has 0 aromatic heterocycles. The molecule has 0 radical (unpaired) electrons. The molecule has 0 fully saturated rings. The van der Waals surface area contributed by atoms with Crippen molar-refractivity contribution in [2.45, 2.75) is 52.6 Å². The van der Waals surface area contributed by atoms with Gasteiger partial charge in [-0.1, -0.05) is 23.8 Å². The zero-order valence-corrected chi connectivity index (χ0v) is 15.4. The molecule has 1 atom stereocenters. The molecule has 0 unspecified atom stereocenters. The summed E-state index contributed by atoms with van der Waals surface area (Å²) in [4.78, 5) is 24.1. The van der Waals surface area contributed by atoms with Crippen molar-refractivity contribution in [3.8, 4) is 5.75 Å². The number of nitrogens with one attached hydrogen (secondary N) is 2. The van der Waals surface area contributed by atoms with E-state index in [1.54, 1.807) is 14.0 Å². The van der Waals surface area contributed by atoms with Gasteiger partial charge in [-0.3, -0.25) is 9.59 Å². The lowest BCUT2D eigenvalue weighted by atomic mass is 10.0. The summed E-state index contributed by atoms with van der Waals surface area (Å²) in [6, 6.07) is 7.11. The van der Waals surface area contributed by atoms with Gasteiger partial charge in [0.1, 0.15) is 11.8 Å². The fourth-order valence-electron chi connectivity index (χ4n) is 2.22. The summed E-state index contributed by atoms with van der Waals surface area (Å²) in [5, 5.41) is 5.53. The second-order valence-electron chi connectivity index (χ2n) is 6.95. The highest BCUT2D eigenvalue weighted by Gasteiger charge is 2.20. The second kappa shape index (κ2) is 8.52. The van der Waals surface area contributed by atoms with Crippen molar-refractivity contribution >= 4 is 11.8 Å². The summed E-state index contributed by atoms with van der Waals surface area (Å²) in [5.41, 5.74) is 1.58. The highest BCUT2D eigenvalue weighted by atomic mass is 16.5. The lowest BCUT2D eigenvalue weighted by Gasteiger charge is -2.23. The lowest BCUT2D eigenvalue weighted by molar-refractivity contribution is -0.127. The maximum atomic E-state index is 12.1. The molecule has 5 nitrogen and oxygen atoms in total. The van der Waals surface area contributed by atoms with E-state index in [1.165, 1.54) is 6.08 Å². The lowest BCUT2D eigenvalue weighted by Crippen LogP contribution is -2.50. The van der Waals surface area contributed by atoms with Crippen LogP contribution in [-0.2, 0) is 16.0 Å². The molecule has 1 aromatic carbocycles. The first-order valence-electron chi connectivity index (χ1n) is 8.04. The van der Waals surface area contributed by atoms with Gasteiger partial charge in [0.15, 0.2) is 0 Å². The third-order valence-corrected chi connectivity index (χ3v) is 3.29. The predicted molar refractivity (Wildman–Crippen MR) is 96.0 cm³/mol. The molecule has 0 spiro atoms. The van der Waals surface area contributed by atoms with Crippen LogP contribution < -0.4 is 15.4 Å². The third kappa shape index (κ3) is 6.86. The standard InChI is InChI=1S/C19H28N2O3/c1-13(11-15-9-7-8-10-16(15)24-6)12-17(22)20-14(2)18(23)21-19(3,4)5/h7-10,12,14H,11H2,1-6H3,(H,20,22)(H,21,23)/b13-12+/t14-/m1/s1. The van der Waals surface area contributed by atoms with Gasteiger partial charge in [-0.15, -0.1) is 0 Å². The molecule has 1 aromatic rings. The number of rotatable bonds is 6. The van der Waals surface area contributed by atoms with E-state index >= 15 is 0 Å². The molecule has 0 saturated carbocycles. The Morgan fingerprint density at radius 1 is 1.25 bits per heavy atom. The van der Waals surface area contributed by atoms with Crippen LogP contribution in [-0.4, -0.2) is 30.5 Å². The average Bonchev–Trinajstić information content (AvgIpc) is 2.45. The molecule has 24 heavy (non-hydrogen) atoms. The fraction of sp³-hybridized carbons (Fsp3) is 0.474. The van der Waals surface area contributed by atoms with Gasteiger partial charge in [0.05, 0.1) is 7.11 Å². The number of allylic oxidation sites excluding steroid dienone is 1. The zero-order valence-electron chi connectivity index (χ0n) is 15.4. The number of hydrogen-bond acceptors (Lipinski definition) is 3. The van der Waals surface area contributed by atoms with E-state index < -0.39 is 6.04 Å². The number of amides is 2. The van der Waals surface area contributed by atoms with Crippen LogP contribution in [0.15, 0.2) is 35.9 Å². The van der Waals surface area contributed by atoms with Crippen LogP contribution in [0, 0.1) is 0 Å². The van der Waals surface area contributed by atoms with Gasteiger partial charge in [0, 0.05) is 11.6 Å².